The molecule has 0 unspecified atom stereocenters. The van der Waals surface area contributed by atoms with Gasteiger partial charge in [0.1, 0.15) is 5.41 Å². The first-order valence-electron chi connectivity index (χ1n) is 6.43. The zero-order chi connectivity index (χ0) is 16.3. The molecule has 0 atom stereocenters. The molecular formula is C13H19NO7. The fourth-order valence-electron chi connectivity index (χ4n) is 1.91. The van der Waals surface area contributed by atoms with Crippen LogP contribution in [0.2, 0.25) is 0 Å². The molecule has 2 aliphatic carbocycles. The third kappa shape index (κ3) is 3.14. The smallest absolute Gasteiger partial charge is 0.323 e. The van der Waals surface area contributed by atoms with Gasteiger partial charge in [0, 0.05) is 7.05 Å². The highest BCUT2D eigenvalue weighted by Crippen LogP contribution is 2.47. The second kappa shape index (κ2) is 6.11. The highest BCUT2D eigenvalue weighted by molar-refractivity contribution is 6.05. The summed E-state index contributed by atoms with van der Waals surface area (Å²) in [6.45, 7) is 0. The van der Waals surface area contributed by atoms with Crippen molar-refractivity contribution in [3.63, 3.8) is 0 Å². The topological polar surface area (TPSA) is 119 Å². The Morgan fingerprint density at radius 1 is 0.905 bits per heavy atom. The lowest BCUT2D eigenvalue weighted by Crippen LogP contribution is -2.35. The van der Waals surface area contributed by atoms with Crippen molar-refractivity contribution in [2.45, 2.75) is 25.7 Å². The van der Waals surface area contributed by atoms with Gasteiger partial charge >= 0.3 is 17.9 Å². The summed E-state index contributed by atoms with van der Waals surface area (Å²) in [7, 11) is 4.02. The van der Waals surface area contributed by atoms with Gasteiger partial charge in [0.05, 0.1) is 14.2 Å². The van der Waals surface area contributed by atoms with Crippen molar-refractivity contribution in [1.29, 1.82) is 0 Å². The summed E-state index contributed by atoms with van der Waals surface area (Å²) in [6, 6.07) is 0. The van der Waals surface area contributed by atoms with Crippen molar-refractivity contribution >= 4 is 23.8 Å². The van der Waals surface area contributed by atoms with Crippen LogP contribution in [-0.4, -0.2) is 50.2 Å². The van der Waals surface area contributed by atoms with E-state index in [1.54, 1.807) is 0 Å². The molecule has 2 fully saturated rings. The van der Waals surface area contributed by atoms with E-state index in [4.69, 9.17) is 5.11 Å². The van der Waals surface area contributed by atoms with Crippen molar-refractivity contribution in [3.8, 4) is 0 Å². The Bertz CT molecular complexity index is 445. The monoisotopic (exact) mass is 301 g/mol. The number of esters is 2. The number of carbonyl (C=O) groups excluding carboxylic acids is 3. The molecule has 8 heteroatoms. The molecule has 21 heavy (non-hydrogen) atoms. The van der Waals surface area contributed by atoms with Gasteiger partial charge in [-0.25, -0.2) is 0 Å². The minimum absolute atomic E-state index is 0.232. The number of hydrogen-bond acceptors (Lipinski definition) is 6. The van der Waals surface area contributed by atoms with Crippen LogP contribution in [-0.2, 0) is 28.7 Å². The number of carboxylic acid groups (broad SMARTS) is 1. The number of carboxylic acids is 1. The summed E-state index contributed by atoms with van der Waals surface area (Å²) in [5.74, 6) is -2.35. The lowest BCUT2D eigenvalue weighted by Gasteiger charge is -2.09. The van der Waals surface area contributed by atoms with Crippen LogP contribution in [0.15, 0.2) is 0 Å². The van der Waals surface area contributed by atoms with Gasteiger partial charge in [-0.1, -0.05) is 0 Å². The third-order valence-electron chi connectivity index (χ3n) is 3.72. The van der Waals surface area contributed by atoms with E-state index in [9.17, 15) is 19.2 Å². The molecule has 2 saturated carbocycles. The van der Waals surface area contributed by atoms with E-state index in [2.05, 4.69) is 14.8 Å². The number of methoxy groups -OCH3 is 2. The number of nitrogens with one attached hydrogen (secondary N) is 1. The first-order valence-corrected chi connectivity index (χ1v) is 6.43. The predicted molar refractivity (Wildman–Crippen MR) is 69.1 cm³/mol. The predicted octanol–water partition coefficient (Wildman–Crippen LogP) is -0.290. The molecule has 0 saturated heterocycles. The Morgan fingerprint density at radius 2 is 1.29 bits per heavy atom. The van der Waals surface area contributed by atoms with Crippen LogP contribution in [0.1, 0.15) is 25.7 Å². The number of hydrogen-bond donors (Lipinski definition) is 2. The van der Waals surface area contributed by atoms with Gasteiger partial charge in [-0.05, 0) is 25.7 Å². The minimum atomic E-state index is -1.19. The zero-order valence-corrected chi connectivity index (χ0v) is 12.2. The molecule has 2 aliphatic rings. The SMILES string of the molecule is CNC(=O)C1(C(=O)OC)CC1.COC(=O)C1(C(=O)O)CC1. The molecule has 2 N–H and O–H groups in total. The Morgan fingerprint density at radius 3 is 1.48 bits per heavy atom. The van der Waals surface area contributed by atoms with Crippen LogP contribution in [0.5, 0.6) is 0 Å². The molecule has 1 amide bonds. The average molecular weight is 301 g/mol. The third-order valence-corrected chi connectivity index (χ3v) is 3.72. The molecule has 0 aromatic heterocycles. The standard InChI is InChI=1S/C7H11NO3.C6H8O4/c1-8-5(9)7(3-4-7)6(10)11-2;1-10-5(9)6(2-3-6)4(7)8/h3-4H2,1-2H3,(H,8,9);2-3H2,1H3,(H,7,8). The van der Waals surface area contributed by atoms with Crippen molar-refractivity contribution in [3.05, 3.63) is 0 Å². The van der Waals surface area contributed by atoms with Crippen molar-refractivity contribution < 1.29 is 33.8 Å². The van der Waals surface area contributed by atoms with Crippen LogP contribution in [0.3, 0.4) is 0 Å². The maximum absolute atomic E-state index is 11.1. The summed E-state index contributed by atoms with van der Waals surface area (Å²) in [5.41, 5.74) is -2.03. The molecule has 0 radical (unpaired) electrons. The van der Waals surface area contributed by atoms with Crippen molar-refractivity contribution in [2.75, 3.05) is 21.3 Å². The first kappa shape index (κ1) is 16.9. The van der Waals surface area contributed by atoms with Crippen molar-refractivity contribution in [2.24, 2.45) is 10.8 Å². The van der Waals surface area contributed by atoms with E-state index in [1.807, 2.05) is 0 Å². The summed E-state index contributed by atoms with van der Waals surface area (Å²) in [5, 5.41) is 10.9. The van der Waals surface area contributed by atoms with E-state index < -0.39 is 28.7 Å². The van der Waals surface area contributed by atoms with Crippen LogP contribution >= 0.6 is 0 Å². The van der Waals surface area contributed by atoms with Gasteiger partial charge in [-0.3, -0.25) is 19.2 Å². The maximum atomic E-state index is 11.1. The number of aliphatic carboxylic acids is 1. The molecule has 118 valence electrons. The van der Waals surface area contributed by atoms with Crippen LogP contribution in [0.25, 0.3) is 0 Å². The van der Waals surface area contributed by atoms with Gasteiger partial charge in [0.25, 0.3) is 0 Å². The normalized spacial score (nSPS) is 19.2. The number of carbonyl (C=O) groups is 4. The summed E-state index contributed by atoms with van der Waals surface area (Å²) >= 11 is 0. The highest BCUT2D eigenvalue weighted by Gasteiger charge is 2.58. The highest BCUT2D eigenvalue weighted by atomic mass is 16.5. The van der Waals surface area contributed by atoms with Crippen LogP contribution < -0.4 is 5.32 Å². The molecule has 0 bridgehead atoms. The minimum Gasteiger partial charge on any atom is -0.480 e. The summed E-state index contributed by atoms with van der Waals surface area (Å²) in [4.78, 5) is 43.2. The van der Waals surface area contributed by atoms with Gasteiger partial charge in [-0.15, -0.1) is 0 Å². The van der Waals surface area contributed by atoms with E-state index in [0.29, 0.717) is 25.7 Å². The van der Waals surface area contributed by atoms with Gasteiger partial charge in [0.15, 0.2) is 5.41 Å². The number of amides is 1. The molecular weight excluding hydrogens is 282 g/mol. The Kier molecular flexibility index (Phi) is 4.93. The lowest BCUT2D eigenvalue weighted by atomic mass is 10.1. The van der Waals surface area contributed by atoms with E-state index in [-0.39, 0.29) is 5.91 Å². The quantitative estimate of drug-likeness (QED) is 0.541. The lowest BCUT2D eigenvalue weighted by molar-refractivity contribution is -0.159. The number of rotatable bonds is 4. The summed E-state index contributed by atoms with van der Waals surface area (Å²) in [6.07, 6.45) is 2.04. The second-order valence-electron chi connectivity index (χ2n) is 5.03. The van der Waals surface area contributed by atoms with Gasteiger partial charge in [-0.2, -0.15) is 0 Å². The first-order chi connectivity index (χ1) is 9.80. The second-order valence-corrected chi connectivity index (χ2v) is 5.03. The molecule has 2 rings (SSSR count). The van der Waals surface area contributed by atoms with E-state index >= 15 is 0 Å². The largest absolute Gasteiger partial charge is 0.480 e. The molecule has 0 heterocycles. The Balaban J connectivity index is 0.000000211. The average Bonchev–Trinajstić information content (AvgIpc) is 3.37. The fourth-order valence-corrected chi connectivity index (χ4v) is 1.91. The van der Waals surface area contributed by atoms with E-state index in [1.165, 1.54) is 21.3 Å². The van der Waals surface area contributed by atoms with E-state index in [0.717, 1.165) is 0 Å². The molecule has 8 nitrogen and oxygen atoms in total. The molecule has 0 aromatic carbocycles. The fraction of sp³-hybridized carbons (Fsp3) is 0.692. The molecule has 0 aromatic rings. The number of ether oxygens (including phenoxy) is 2. The summed E-state index contributed by atoms with van der Waals surface area (Å²) < 4.78 is 8.82. The van der Waals surface area contributed by atoms with Gasteiger partial charge in [0.2, 0.25) is 5.91 Å². The maximum Gasteiger partial charge on any atom is 0.323 e. The van der Waals surface area contributed by atoms with Crippen LogP contribution in [0.4, 0.5) is 0 Å². The Hall–Kier alpha value is -2.12. The molecule has 0 aliphatic heterocycles. The van der Waals surface area contributed by atoms with Crippen molar-refractivity contribution in [1.82, 2.24) is 5.32 Å². The Labute approximate surface area is 121 Å². The van der Waals surface area contributed by atoms with Gasteiger partial charge < -0.3 is 19.9 Å². The van der Waals surface area contributed by atoms with Crippen LogP contribution in [0, 0.1) is 10.8 Å². The molecule has 0 spiro atoms. The zero-order valence-electron chi connectivity index (χ0n) is 12.2.